The maximum absolute atomic E-state index is 13.4. The van der Waals surface area contributed by atoms with Gasteiger partial charge in [0.2, 0.25) is 17.7 Å². The molecule has 6 aromatic rings. The zero-order valence-corrected chi connectivity index (χ0v) is 46.9. The third-order valence-electron chi connectivity index (χ3n) is 13.1. The maximum Gasteiger partial charge on any atom is 0.303 e. The van der Waals surface area contributed by atoms with E-state index in [2.05, 4.69) is 37.5 Å². The second kappa shape index (κ2) is 33.9. The molecule has 450 valence electrons. The van der Waals surface area contributed by atoms with Crippen molar-refractivity contribution < 1.29 is 77.7 Å². The number of hydrogen-bond donors (Lipinski definition) is 13. The van der Waals surface area contributed by atoms with E-state index in [1.807, 2.05) is 66.7 Å². The molecule has 0 aliphatic carbocycles. The molecule has 3 amide bonds. The Morgan fingerprint density at radius 2 is 1.31 bits per heavy atom. The molecule has 24 heteroatoms. The number of carbonyl (C=O) groups excluding carboxylic acids is 3. The van der Waals surface area contributed by atoms with E-state index in [-0.39, 0.29) is 66.6 Å². The van der Waals surface area contributed by atoms with Crippen molar-refractivity contribution in [2.75, 3.05) is 44.9 Å². The van der Waals surface area contributed by atoms with Gasteiger partial charge >= 0.3 is 5.97 Å². The highest BCUT2D eigenvalue weighted by atomic mass is 32.3. The van der Waals surface area contributed by atoms with Gasteiger partial charge in [0.25, 0.3) is 5.91 Å². The SMILES string of the molecule is O=C(O)CCc1c(OCCCCCOc2cc(-c3ccccc3)cc(-c3ccccc3)n2)cccc1OCCCC(=O)NCCCCC(NC(=O)c1ccc(N/N=C/c2ccccc2S(O)(O)O)nc1)C(=O)NCC(O)C(O)C(O)C(O)CO. The largest absolute Gasteiger partial charge is 0.493 e. The van der Waals surface area contributed by atoms with E-state index in [9.17, 15) is 58.4 Å². The summed E-state index contributed by atoms with van der Waals surface area (Å²) in [6, 6.07) is 36.8. The summed E-state index contributed by atoms with van der Waals surface area (Å²) in [6.45, 7) is -0.307. The van der Waals surface area contributed by atoms with Crippen molar-refractivity contribution in [3.05, 3.63) is 150 Å². The lowest BCUT2D eigenvalue weighted by atomic mass is 10.0. The van der Waals surface area contributed by atoms with Crippen molar-refractivity contribution in [2.24, 2.45) is 5.10 Å². The molecular formula is C60H73N7O16S. The predicted molar refractivity (Wildman–Crippen MR) is 315 cm³/mol. The highest BCUT2D eigenvalue weighted by molar-refractivity contribution is 8.19. The molecule has 23 nitrogen and oxygen atoms in total. The van der Waals surface area contributed by atoms with E-state index in [0.29, 0.717) is 61.8 Å². The number of carboxylic acids is 1. The first kappa shape index (κ1) is 65.1. The Balaban J connectivity index is 0.940. The van der Waals surface area contributed by atoms with Crippen LogP contribution in [0.15, 0.2) is 144 Å². The second-order valence-corrected chi connectivity index (χ2v) is 20.9. The number of pyridine rings is 2. The molecule has 13 N–H and O–H groups in total. The Kier molecular flexibility index (Phi) is 26.3. The van der Waals surface area contributed by atoms with E-state index in [1.165, 1.54) is 42.7 Å². The zero-order valence-electron chi connectivity index (χ0n) is 46.1. The van der Waals surface area contributed by atoms with Crippen molar-refractivity contribution in [1.82, 2.24) is 25.9 Å². The first-order valence-electron chi connectivity index (χ1n) is 27.4. The number of anilines is 1. The van der Waals surface area contributed by atoms with E-state index < -0.39 is 72.3 Å². The van der Waals surface area contributed by atoms with Crippen LogP contribution in [0, 0.1) is 0 Å². The van der Waals surface area contributed by atoms with Crippen LogP contribution in [-0.4, -0.2) is 154 Å². The Labute approximate surface area is 488 Å². The highest BCUT2D eigenvalue weighted by Crippen LogP contribution is 2.45. The number of aliphatic hydroxyl groups is 5. The molecule has 5 unspecified atom stereocenters. The molecule has 6 rings (SSSR count). The van der Waals surface area contributed by atoms with Crippen molar-refractivity contribution in [2.45, 2.75) is 99.6 Å². The number of unbranched alkanes of at least 4 members (excludes halogenated alkanes) is 3. The lowest BCUT2D eigenvalue weighted by Crippen LogP contribution is -2.52. The van der Waals surface area contributed by atoms with Crippen LogP contribution < -0.4 is 35.6 Å². The summed E-state index contributed by atoms with van der Waals surface area (Å²) < 4.78 is 47.5. The Bertz CT molecular complexity index is 2990. The minimum absolute atomic E-state index is 0.0371. The van der Waals surface area contributed by atoms with E-state index >= 15 is 0 Å². The number of hydrogen-bond acceptors (Lipinski definition) is 19. The third kappa shape index (κ3) is 21.3. The minimum Gasteiger partial charge on any atom is -0.493 e. The molecule has 0 bridgehead atoms. The van der Waals surface area contributed by atoms with Crippen LogP contribution in [0.5, 0.6) is 17.4 Å². The van der Waals surface area contributed by atoms with Gasteiger partial charge < -0.3 is 74.5 Å². The van der Waals surface area contributed by atoms with Crippen LogP contribution in [0.3, 0.4) is 0 Å². The third-order valence-corrected chi connectivity index (χ3v) is 14.0. The number of aliphatic hydroxyl groups excluding tert-OH is 5. The van der Waals surface area contributed by atoms with E-state index in [1.54, 1.807) is 24.3 Å². The van der Waals surface area contributed by atoms with Crippen molar-refractivity contribution >= 4 is 46.6 Å². The number of nitrogens with zero attached hydrogens (tertiary/aromatic N) is 3. The molecule has 0 saturated heterocycles. The number of aliphatic carboxylic acids is 1. The topological polar surface area (TPSA) is 364 Å². The molecule has 0 fully saturated rings. The van der Waals surface area contributed by atoms with Crippen molar-refractivity contribution in [3.8, 4) is 39.8 Å². The number of nitrogens with one attached hydrogen (secondary N) is 4. The number of amides is 3. The van der Waals surface area contributed by atoms with Gasteiger partial charge in [-0.1, -0.05) is 84.9 Å². The Morgan fingerprint density at radius 1 is 0.655 bits per heavy atom. The van der Waals surface area contributed by atoms with Crippen LogP contribution in [0.4, 0.5) is 5.82 Å². The lowest BCUT2D eigenvalue weighted by Gasteiger charge is -2.26. The Hall–Kier alpha value is -8.04. The predicted octanol–water partition coefficient (Wildman–Crippen LogP) is 6.28. The van der Waals surface area contributed by atoms with Gasteiger partial charge in [0.05, 0.1) is 54.9 Å². The van der Waals surface area contributed by atoms with Gasteiger partial charge in [-0.3, -0.25) is 24.6 Å². The molecular weight excluding hydrogens is 1110 g/mol. The molecule has 0 aliphatic heterocycles. The summed E-state index contributed by atoms with van der Waals surface area (Å²) in [5.74, 6) is -1.04. The smallest absolute Gasteiger partial charge is 0.303 e. The quantitative estimate of drug-likeness (QED) is 0.0117. The van der Waals surface area contributed by atoms with E-state index in [4.69, 9.17) is 24.3 Å². The van der Waals surface area contributed by atoms with Crippen molar-refractivity contribution in [3.63, 3.8) is 0 Å². The summed E-state index contributed by atoms with van der Waals surface area (Å²) >= 11 is 0. The molecule has 2 heterocycles. The first-order chi connectivity index (χ1) is 40.5. The van der Waals surface area contributed by atoms with Crippen LogP contribution >= 0.6 is 10.9 Å². The monoisotopic (exact) mass is 1180 g/mol. The van der Waals surface area contributed by atoms with Gasteiger partial charge in [0.15, 0.2) is 0 Å². The van der Waals surface area contributed by atoms with Gasteiger partial charge in [-0.2, -0.15) is 5.10 Å². The molecule has 0 saturated carbocycles. The number of hydrazone groups is 1. The fourth-order valence-corrected chi connectivity index (χ4v) is 9.19. The number of rotatable bonds is 36. The van der Waals surface area contributed by atoms with Crippen LogP contribution in [0.25, 0.3) is 22.4 Å². The number of ether oxygens (including phenoxy) is 3. The summed E-state index contributed by atoms with van der Waals surface area (Å²) in [4.78, 5) is 60.1. The average molecular weight is 1180 g/mol. The summed E-state index contributed by atoms with van der Waals surface area (Å²) in [5.41, 5.74) is 7.36. The van der Waals surface area contributed by atoms with Crippen molar-refractivity contribution in [1.29, 1.82) is 0 Å². The molecule has 0 spiro atoms. The van der Waals surface area contributed by atoms with E-state index in [0.717, 1.165) is 35.2 Å². The van der Waals surface area contributed by atoms with Gasteiger partial charge in [0.1, 0.15) is 52.5 Å². The van der Waals surface area contributed by atoms with Crippen LogP contribution in [0.2, 0.25) is 0 Å². The fourth-order valence-electron chi connectivity index (χ4n) is 8.49. The summed E-state index contributed by atoms with van der Waals surface area (Å²) in [6.07, 6.45) is -1.53. The minimum atomic E-state index is -4.02. The molecule has 0 aliphatic rings. The standard InChI is InChI=1S/C60H73N7O16S/c68-39-49(70)58(75)57(74)48(69)38-63-60(77)46(66-59(76)43-26-28-53(62-36-43)67-64-37-42-20-8-9-24-52(42)84(78,79)80)21-10-11-30-61-54(71)25-15-33-82-51-23-14-22-50(45(51)27-29-56(72)73)81-31-12-3-13-32-83-55-35-44(40-16-4-1-5-17-40)34-47(65-55)41-18-6-2-7-19-41/h1-2,4-9,14,16-20,22-24,26,28,34-37,46,48-49,57-58,68-70,74-75,78-80H,3,10-13,15,21,25,27,29-33,38-39H2,(H,61,71)(H,62,67)(H,63,77)(H,66,76)(H,72,73)/b64-37+. The average Bonchev–Trinajstić information content (AvgIpc) is 3.71. The normalized spacial score (nSPS) is 13.4. The second-order valence-electron chi connectivity index (χ2n) is 19.4. The van der Waals surface area contributed by atoms with Gasteiger partial charge in [-0.15, -0.1) is 0 Å². The lowest BCUT2D eigenvalue weighted by molar-refractivity contribution is -0.137. The summed E-state index contributed by atoms with van der Waals surface area (Å²) in [5, 5.41) is 70.9. The first-order valence-corrected chi connectivity index (χ1v) is 28.9. The zero-order chi connectivity index (χ0) is 60.3. The summed E-state index contributed by atoms with van der Waals surface area (Å²) in [7, 11) is -4.02. The molecule has 5 atom stereocenters. The Morgan fingerprint density at radius 3 is 1.98 bits per heavy atom. The molecule has 2 aromatic heterocycles. The number of carboxylic acid groups (broad SMARTS) is 1. The number of aromatic nitrogens is 2. The van der Waals surface area contributed by atoms with Crippen LogP contribution in [-0.2, 0) is 20.8 Å². The van der Waals surface area contributed by atoms with Gasteiger partial charge in [-0.05, 0) is 98.9 Å². The number of benzene rings is 4. The molecule has 4 aromatic carbocycles. The van der Waals surface area contributed by atoms with Gasteiger partial charge in [0, 0.05) is 54.9 Å². The fraction of sp³-hybridized carbons (Fsp3) is 0.350. The maximum atomic E-state index is 13.4. The number of carbonyl (C=O) groups is 4. The molecule has 0 radical (unpaired) electrons. The highest BCUT2D eigenvalue weighted by Gasteiger charge is 2.31. The molecule has 84 heavy (non-hydrogen) atoms. The van der Waals surface area contributed by atoms with Crippen LogP contribution in [0.1, 0.15) is 79.3 Å². The van der Waals surface area contributed by atoms with Gasteiger partial charge in [-0.25, -0.2) is 9.97 Å².